The maximum Gasteiger partial charge on any atom is 0.318 e. The second-order valence-corrected chi connectivity index (χ2v) is 5.64. The van der Waals surface area contributed by atoms with Gasteiger partial charge in [0, 0.05) is 19.6 Å². The first-order chi connectivity index (χ1) is 11.6. The summed E-state index contributed by atoms with van der Waals surface area (Å²) >= 11 is 0. The summed E-state index contributed by atoms with van der Waals surface area (Å²) in [7, 11) is 0. The number of nitrogens with one attached hydrogen (secondary N) is 1. The van der Waals surface area contributed by atoms with Crippen molar-refractivity contribution in [3.05, 3.63) is 71.3 Å². The Hall–Kier alpha value is -2.82. The van der Waals surface area contributed by atoms with Crippen LogP contribution in [0.1, 0.15) is 23.1 Å². The molecule has 2 aromatic rings. The van der Waals surface area contributed by atoms with E-state index in [9.17, 15) is 9.59 Å². The van der Waals surface area contributed by atoms with Crippen molar-refractivity contribution in [3.63, 3.8) is 0 Å². The molecule has 0 aliphatic heterocycles. The van der Waals surface area contributed by atoms with Crippen LogP contribution in [0.2, 0.25) is 0 Å². The largest absolute Gasteiger partial charge is 0.481 e. The number of aryl methyl sites for hydroxylation is 1. The van der Waals surface area contributed by atoms with Crippen molar-refractivity contribution in [1.29, 1.82) is 0 Å². The molecule has 2 rings (SSSR count). The Morgan fingerprint density at radius 2 is 1.67 bits per heavy atom. The van der Waals surface area contributed by atoms with Crippen LogP contribution < -0.4 is 5.32 Å². The Labute approximate surface area is 141 Å². The topological polar surface area (TPSA) is 69.6 Å². The highest BCUT2D eigenvalue weighted by molar-refractivity contribution is 5.75. The quantitative estimate of drug-likeness (QED) is 0.821. The van der Waals surface area contributed by atoms with Crippen molar-refractivity contribution in [3.8, 4) is 0 Å². The van der Waals surface area contributed by atoms with Crippen LogP contribution in [-0.2, 0) is 17.9 Å². The van der Waals surface area contributed by atoms with Gasteiger partial charge in [-0.2, -0.15) is 0 Å². The predicted molar refractivity (Wildman–Crippen MR) is 92.5 cm³/mol. The van der Waals surface area contributed by atoms with E-state index in [2.05, 4.69) is 5.32 Å². The molecule has 5 nitrogen and oxygen atoms in total. The van der Waals surface area contributed by atoms with Crippen LogP contribution in [0.3, 0.4) is 0 Å². The molecule has 0 saturated carbocycles. The van der Waals surface area contributed by atoms with Gasteiger partial charge in [0.2, 0.25) is 0 Å². The first-order valence-corrected chi connectivity index (χ1v) is 7.89. The zero-order valence-corrected chi connectivity index (χ0v) is 13.7. The van der Waals surface area contributed by atoms with Crippen molar-refractivity contribution >= 4 is 12.0 Å². The second-order valence-electron chi connectivity index (χ2n) is 5.64. The Kier molecular flexibility index (Phi) is 6.37. The number of urea groups is 1. The van der Waals surface area contributed by atoms with Gasteiger partial charge < -0.3 is 15.3 Å². The molecule has 0 fully saturated rings. The maximum atomic E-state index is 12.5. The lowest BCUT2D eigenvalue weighted by Crippen LogP contribution is -2.40. The maximum absolute atomic E-state index is 12.5. The molecule has 0 radical (unpaired) electrons. The molecule has 0 spiro atoms. The van der Waals surface area contributed by atoms with Crippen LogP contribution in [0, 0.1) is 6.92 Å². The van der Waals surface area contributed by atoms with Crippen LogP contribution >= 0.6 is 0 Å². The lowest BCUT2D eigenvalue weighted by molar-refractivity contribution is -0.136. The van der Waals surface area contributed by atoms with Gasteiger partial charge >= 0.3 is 12.0 Å². The summed E-state index contributed by atoms with van der Waals surface area (Å²) in [5.74, 6) is -0.927. The normalized spacial score (nSPS) is 10.2. The number of carbonyl (C=O) groups is 2. The Balaban J connectivity index is 2.10. The summed E-state index contributed by atoms with van der Waals surface area (Å²) in [4.78, 5) is 24.8. The van der Waals surface area contributed by atoms with Gasteiger partial charge in [0.1, 0.15) is 0 Å². The lowest BCUT2D eigenvalue weighted by Gasteiger charge is -2.24. The fraction of sp³-hybridized carbons (Fsp3) is 0.263. The molecule has 0 unspecified atom stereocenters. The predicted octanol–water partition coefficient (Wildman–Crippen LogP) is 3.18. The monoisotopic (exact) mass is 326 g/mol. The summed E-state index contributed by atoms with van der Waals surface area (Å²) in [6.45, 7) is 3.07. The Morgan fingerprint density at radius 3 is 2.33 bits per heavy atom. The highest BCUT2D eigenvalue weighted by atomic mass is 16.4. The van der Waals surface area contributed by atoms with Gasteiger partial charge in [0.05, 0.1) is 6.42 Å². The highest BCUT2D eigenvalue weighted by Gasteiger charge is 2.15. The number of benzene rings is 2. The lowest BCUT2D eigenvalue weighted by atomic mass is 10.1. The average Bonchev–Trinajstić information content (AvgIpc) is 2.56. The van der Waals surface area contributed by atoms with E-state index in [0.29, 0.717) is 13.1 Å². The van der Waals surface area contributed by atoms with Crippen molar-refractivity contribution in [2.75, 3.05) is 6.54 Å². The van der Waals surface area contributed by atoms with Crippen molar-refractivity contribution in [2.45, 2.75) is 26.4 Å². The number of rotatable bonds is 7. The number of hydrogen-bond donors (Lipinski definition) is 2. The van der Waals surface area contributed by atoms with Gasteiger partial charge in [0.25, 0.3) is 0 Å². The minimum Gasteiger partial charge on any atom is -0.481 e. The minimum absolute atomic E-state index is 0.0880. The third-order valence-corrected chi connectivity index (χ3v) is 3.74. The molecule has 0 aliphatic rings. The molecule has 2 amide bonds. The van der Waals surface area contributed by atoms with Crippen molar-refractivity contribution < 1.29 is 14.7 Å². The molecule has 0 aliphatic carbocycles. The van der Waals surface area contributed by atoms with Gasteiger partial charge in [-0.15, -0.1) is 0 Å². The number of carboxylic acid groups (broad SMARTS) is 1. The first-order valence-electron chi connectivity index (χ1n) is 7.89. The number of hydrogen-bond acceptors (Lipinski definition) is 2. The Bertz CT molecular complexity index is 686. The number of aliphatic carboxylic acids is 1. The third-order valence-electron chi connectivity index (χ3n) is 3.74. The smallest absolute Gasteiger partial charge is 0.318 e. The summed E-state index contributed by atoms with van der Waals surface area (Å²) < 4.78 is 0. The van der Waals surface area contributed by atoms with E-state index < -0.39 is 5.97 Å². The van der Waals surface area contributed by atoms with E-state index in [1.165, 1.54) is 0 Å². The van der Waals surface area contributed by atoms with Crippen LogP contribution in [0.15, 0.2) is 54.6 Å². The van der Waals surface area contributed by atoms with E-state index >= 15 is 0 Å². The summed E-state index contributed by atoms with van der Waals surface area (Å²) in [5.41, 5.74) is 3.22. The molecule has 0 aromatic heterocycles. The van der Waals surface area contributed by atoms with Crippen LogP contribution in [0.4, 0.5) is 4.79 Å². The minimum atomic E-state index is -0.927. The average molecular weight is 326 g/mol. The van der Waals surface area contributed by atoms with Gasteiger partial charge in [-0.05, 0) is 23.6 Å². The van der Waals surface area contributed by atoms with E-state index in [-0.39, 0.29) is 19.0 Å². The zero-order chi connectivity index (χ0) is 17.4. The summed E-state index contributed by atoms with van der Waals surface area (Å²) in [5, 5.41) is 11.4. The van der Waals surface area contributed by atoms with E-state index in [4.69, 9.17) is 5.11 Å². The van der Waals surface area contributed by atoms with E-state index in [1.807, 2.05) is 61.5 Å². The van der Waals surface area contributed by atoms with Crippen molar-refractivity contribution in [1.82, 2.24) is 10.2 Å². The van der Waals surface area contributed by atoms with E-state index in [1.54, 1.807) is 4.90 Å². The number of carbonyl (C=O) groups excluding carboxylic acids is 1. The summed E-state index contributed by atoms with van der Waals surface area (Å²) in [6.07, 6.45) is -0.0880. The molecular weight excluding hydrogens is 304 g/mol. The van der Waals surface area contributed by atoms with Gasteiger partial charge in [0.15, 0.2) is 0 Å². The molecule has 2 aromatic carbocycles. The summed E-state index contributed by atoms with van der Waals surface area (Å²) in [6, 6.07) is 17.4. The molecule has 5 heteroatoms. The molecule has 0 bridgehead atoms. The number of carboxylic acids is 1. The highest BCUT2D eigenvalue weighted by Crippen LogP contribution is 2.13. The van der Waals surface area contributed by atoms with Gasteiger partial charge in [-0.25, -0.2) is 4.79 Å². The van der Waals surface area contributed by atoms with Gasteiger partial charge in [-0.1, -0.05) is 54.6 Å². The van der Waals surface area contributed by atoms with Crippen LogP contribution in [0.5, 0.6) is 0 Å². The zero-order valence-electron chi connectivity index (χ0n) is 13.7. The fourth-order valence-electron chi connectivity index (χ4n) is 2.38. The standard InChI is InChI=1S/C19H22N2O3/c1-15-7-5-6-10-17(15)14-21(13-16-8-3-2-4-9-16)19(24)20-12-11-18(22)23/h2-10H,11-14H2,1H3,(H,20,24)(H,22,23). The molecular formula is C19H22N2O3. The second kappa shape index (κ2) is 8.72. The third kappa shape index (κ3) is 5.43. The van der Waals surface area contributed by atoms with Gasteiger partial charge in [-0.3, -0.25) is 4.79 Å². The fourth-order valence-corrected chi connectivity index (χ4v) is 2.38. The van der Waals surface area contributed by atoms with Crippen LogP contribution in [-0.4, -0.2) is 28.6 Å². The van der Waals surface area contributed by atoms with E-state index in [0.717, 1.165) is 16.7 Å². The van der Waals surface area contributed by atoms with Crippen molar-refractivity contribution in [2.24, 2.45) is 0 Å². The SMILES string of the molecule is Cc1ccccc1CN(Cc1ccccc1)C(=O)NCCC(=O)O. The molecule has 0 heterocycles. The molecule has 0 saturated heterocycles. The number of nitrogens with zero attached hydrogens (tertiary/aromatic N) is 1. The molecule has 2 N–H and O–H groups in total. The molecule has 0 atom stereocenters. The molecule has 126 valence electrons. The Morgan fingerprint density at radius 1 is 1.00 bits per heavy atom. The van der Waals surface area contributed by atoms with Crippen LogP contribution in [0.25, 0.3) is 0 Å². The molecule has 24 heavy (non-hydrogen) atoms. The first kappa shape index (κ1) is 17.5. The number of amides is 2.